The third-order valence-corrected chi connectivity index (χ3v) is 2.42. The van der Waals surface area contributed by atoms with Gasteiger partial charge < -0.3 is 0 Å². The molecular weight excluding hydrogens is 248 g/mol. The quantitative estimate of drug-likeness (QED) is 0.654. The number of benzene rings is 1. The summed E-state index contributed by atoms with van der Waals surface area (Å²) in [7, 11) is 0. The normalized spacial score (nSPS) is 11.2. The number of halogens is 1. The molecule has 0 aliphatic carbocycles. The molecule has 1 aromatic rings. The van der Waals surface area contributed by atoms with Gasteiger partial charge in [-0.1, -0.05) is 46.0 Å². The van der Waals surface area contributed by atoms with E-state index in [1.807, 2.05) is 30.4 Å². The highest BCUT2D eigenvalue weighted by Crippen LogP contribution is 2.17. The maximum atomic E-state index is 3.49. The van der Waals surface area contributed by atoms with Crippen LogP contribution in [0.15, 0.2) is 34.8 Å². The largest absolute Gasteiger partial charge is 0.0926 e. The van der Waals surface area contributed by atoms with E-state index in [1.54, 1.807) is 0 Å². The monoisotopic (exact) mass is 262 g/mol. The summed E-state index contributed by atoms with van der Waals surface area (Å²) in [6.07, 6.45) is 3.91. The van der Waals surface area contributed by atoms with Crippen LogP contribution in [0.3, 0.4) is 0 Å². The average Bonchev–Trinajstić information content (AvgIpc) is 2.13. The van der Waals surface area contributed by atoms with Crippen LogP contribution >= 0.6 is 15.9 Å². The first-order valence-corrected chi connectivity index (χ1v) is 5.72. The van der Waals surface area contributed by atoms with E-state index in [-0.39, 0.29) is 5.41 Å². The number of hydrogen-bond acceptors (Lipinski definition) is 0. The Labute approximate surface area is 101 Å². The summed E-state index contributed by atoms with van der Waals surface area (Å²) in [5.41, 5.74) is 1.22. The second-order valence-electron chi connectivity index (χ2n) is 4.37. The molecule has 78 valence electrons. The van der Waals surface area contributed by atoms with Crippen LogP contribution in [0.5, 0.6) is 0 Å². The van der Waals surface area contributed by atoms with Crippen molar-refractivity contribution in [1.82, 2.24) is 0 Å². The topological polar surface area (TPSA) is 0 Å². The molecule has 0 fully saturated rings. The van der Waals surface area contributed by atoms with Crippen molar-refractivity contribution in [3.8, 4) is 11.8 Å². The lowest BCUT2D eigenvalue weighted by Crippen LogP contribution is -1.98. The highest BCUT2D eigenvalue weighted by Gasteiger charge is 2.02. The maximum Gasteiger partial charge on any atom is 0.0247 e. The fourth-order valence-electron chi connectivity index (χ4n) is 1.000. The molecule has 0 saturated carbocycles. The SMILES string of the molecule is CC(C)(C)C#C/C=C/c1ccccc1Br. The van der Waals surface area contributed by atoms with E-state index in [1.165, 1.54) is 0 Å². The zero-order chi connectivity index (χ0) is 11.3. The minimum absolute atomic E-state index is 0.0677. The van der Waals surface area contributed by atoms with Crippen LogP contribution in [-0.4, -0.2) is 0 Å². The summed E-state index contributed by atoms with van der Waals surface area (Å²) in [5.74, 6) is 6.21. The molecule has 0 nitrogen and oxygen atoms in total. The zero-order valence-corrected chi connectivity index (χ0v) is 10.9. The van der Waals surface area contributed by atoms with Gasteiger partial charge in [0.25, 0.3) is 0 Å². The Kier molecular flexibility index (Phi) is 4.17. The Balaban J connectivity index is 2.74. The first kappa shape index (κ1) is 12.1. The Morgan fingerprint density at radius 2 is 1.87 bits per heavy atom. The van der Waals surface area contributed by atoms with Crippen molar-refractivity contribution in [2.45, 2.75) is 20.8 Å². The van der Waals surface area contributed by atoms with Gasteiger partial charge in [0.05, 0.1) is 0 Å². The second-order valence-corrected chi connectivity index (χ2v) is 5.23. The summed E-state index contributed by atoms with van der Waals surface area (Å²) in [6.45, 7) is 6.31. The predicted molar refractivity (Wildman–Crippen MR) is 70.4 cm³/mol. The number of allylic oxidation sites excluding steroid dienone is 1. The summed E-state index contributed by atoms with van der Waals surface area (Å²) in [6, 6.07) is 8.10. The van der Waals surface area contributed by atoms with Crippen LogP contribution in [0.4, 0.5) is 0 Å². The van der Waals surface area contributed by atoms with Crippen LogP contribution in [0, 0.1) is 17.3 Å². The Bertz CT molecular complexity index is 411. The van der Waals surface area contributed by atoms with Crippen molar-refractivity contribution >= 4 is 22.0 Å². The molecule has 0 spiro atoms. The van der Waals surface area contributed by atoms with Crippen LogP contribution < -0.4 is 0 Å². The van der Waals surface area contributed by atoms with E-state index in [2.05, 4.69) is 54.6 Å². The molecule has 0 aromatic heterocycles. The fraction of sp³-hybridized carbons (Fsp3) is 0.286. The van der Waals surface area contributed by atoms with Gasteiger partial charge in [-0.15, -0.1) is 0 Å². The molecular formula is C14H15Br. The van der Waals surface area contributed by atoms with Gasteiger partial charge in [-0.05, 0) is 44.6 Å². The minimum atomic E-state index is 0.0677. The van der Waals surface area contributed by atoms with E-state index >= 15 is 0 Å². The van der Waals surface area contributed by atoms with E-state index in [0.29, 0.717) is 0 Å². The third kappa shape index (κ3) is 4.85. The molecule has 0 heterocycles. The van der Waals surface area contributed by atoms with Gasteiger partial charge in [0, 0.05) is 9.89 Å². The zero-order valence-electron chi connectivity index (χ0n) is 9.34. The van der Waals surface area contributed by atoms with Crippen LogP contribution in [-0.2, 0) is 0 Å². The fourth-order valence-corrected chi connectivity index (χ4v) is 1.42. The molecule has 15 heavy (non-hydrogen) atoms. The van der Waals surface area contributed by atoms with Gasteiger partial charge >= 0.3 is 0 Å². The molecule has 0 atom stereocenters. The van der Waals surface area contributed by atoms with E-state index in [0.717, 1.165) is 10.0 Å². The van der Waals surface area contributed by atoms with Gasteiger partial charge in [-0.25, -0.2) is 0 Å². The van der Waals surface area contributed by atoms with Crippen LogP contribution in [0.25, 0.3) is 6.08 Å². The molecule has 0 bridgehead atoms. The third-order valence-electron chi connectivity index (χ3n) is 1.70. The molecule has 0 aliphatic heterocycles. The average molecular weight is 263 g/mol. The highest BCUT2D eigenvalue weighted by molar-refractivity contribution is 9.10. The van der Waals surface area contributed by atoms with Gasteiger partial charge in [0.2, 0.25) is 0 Å². The Hall–Kier alpha value is -1.00. The smallest absolute Gasteiger partial charge is 0.0247 e. The van der Waals surface area contributed by atoms with Gasteiger partial charge in [-0.3, -0.25) is 0 Å². The Morgan fingerprint density at radius 3 is 2.47 bits per heavy atom. The van der Waals surface area contributed by atoms with Crippen molar-refractivity contribution in [3.63, 3.8) is 0 Å². The highest BCUT2D eigenvalue weighted by atomic mass is 79.9. The van der Waals surface area contributed by atoms with Gasteiger partial charge in [-0.2, -0.15) is 0 Å². The van der Waals surface area contributed by atoms with Gasteiger partial charge in [0.15, 0.2) is 0 Å². The number of rotatable bonds is 1. The molecule has 0 unspecified atom stereocenters. The standard InChI is InChI=1S/C14H15Br/c1-14(2,3)11-7-6-9-12-8-4-5-10-13(12)15/h4-6,8-10H,1-3H3/b9-6+. The molecule has 1 heteroatoms. The van der Waals surface area contributed by atoms with E-state index in [4.69, 9.17) is 0 Å². The molecule has 0 N–H and O–H groups in total. The molecule has 1 aromatic carbocycles. The summed E-state index contributed by atoms with van der Waals surface area (Å²) < 4.78 is 1.10. The minimum Gasteiger partial charge on any atom is -0.0926 e. The summed E-state index contributed by atoms with van der Waals surface area (Å²) in [4.78, 5) is 0. The first-order valence-electron chi connectivity index (χ1n) is 4.93. The molecule has 1 rings (SSSR count). The van der Waals surface area contributed by atoms with Crippen molar-refractivity contribution in [1.29, 1.82) is 0 Å². The predicted octanol–water partition coefficient (Wildman–Crippen LogP) is 4.51. The number of hydrogen-bond donors (Lipinski definition) is 0. The maximum absolute atomic E-state index is 3.49. The summed E-state index contributed by atoms with van der Waals surface area (Å²) >= 11 is 3.49. The van der Waals surface area contributed by atoms with Crippen molar-refractivity contribution in [2.75, 3.05) is 0 Å². The lowest BCUT2D eigenvalue weighted by atomic mass is 9.98. The van der Waals surface area contributed by atoms with Crippen LogP contribution in [0.2, 0.25) is 0 Å². The second kappa shape index (κ2) is 5.19. The van der Waals surface area contributed by atoms with Crippen molar-refractivity contribution in [2.24, 2.45) is 5.41 Å². The van der Waals surface area contributed by atoms with Gasteiger partial charge in [0.1, 0.15) is 0 Å². The molecule has 0 aliphatic rings. The van der Waals surface area contributed by atoms with Crippen molar-refractivity contribution < 1.29 is 0 Å². The van der Waals surface area contributed by atoms with E-state index in [9.17, 15) is 0 Å². The molecule has 0 radical (unpaired) electrons. The molecule has 0 amide bonds. The summed E-state index contributed by atoms with van der Waals surface area (Å²) in [5, 5.41) is 0. The Morgan fingerprint density at radius 1 is 1.20 bits per heavy atom. The van der Waals surface area contributed by atoms with Crippen LogP contribution in [0.1, 0.15) is 26.3 Å². The van der Waals surface area contributed by atoms with Crippen molar-refractivity contribution in [3.05, 3.63) is 40.4 Å². The van der Waals surface area contributed by atoms with E-state index < -0.39 is 0 Å². The molecule has 0 saturated heterocycles. The lowest BCUT2D eigenvalue weighted by molar-refractivity contribution is 0.571. The first-order chi connectivity index (χ1) is 6.99. The lowest BCUT2D eigenvalue weighted by Gasteiger charge is -2.05.